The minimum atomic E-state index is -2.70. The third kappa shape index (κ3) is 3.59. The van der Waals surface area contributed by atoms with Gasteiger partial charge in [0.25, 0.3) is 5.92 Å². The Bertz CT molecular complexity index is 407. The Labute approximate surface area is 131 Å². The lowest BCUT2D eigenvalue weighted by molar-refractivity contribution is -0.142. The van der Waals surface area contributed by atoms with Gasteiger partial charge >= 0.3 is 0 Å². The minimum absolute atomic E-state index is 0.0410. The number of hydrogen-bond acceptors (Lipinski definition) is 3. The van der Waals surface area contributed by atoms with Crippen LogP contribution in [0.5, 0.6) is 0 Å². The van der Waals surface area contributed by atoms with E-state index >= 15 is 0 Å². The van der Waals surface area contributed by atoms with E-state index < -0.39 is 12.0 Å². The molecule has 6 heteroatoms. The average molecular weight is 318 g/mol. The number of amides is 1. The molecule has 22 heavy (non-hydrogen) atoms. The molecule has 1 amide bonds. The van der Waals surface area contributed by atoms with E-state index in [-0.39, 0.29) is 36.9 Å². The molecule has 2 fully saturated rings. The molecule has 4 nitrogen and oxygen atoms in total. The number of carbonyl (C=O) groups excluding carboxylic acids is 1. The molecule has 2 aliphatic rings. The van der Waals surface area contributed by atoms with Crippen molar-refractivity contribution in [2.75, 3.05) is 26.2 Å². The van der Waals surface area contributed by atoms with Gasteiger partial charge in [-0.25, -0.2) is 8.78 Å². The molecule has 0 bridgehead atoms. The Morgan fingerprint density at radius 3 is 2.41 bits per heavy atom. The number of likely N-dealkylation sites (tertiary alicyclic amines) is 2. The second-order valence-corrected chi connectivity index (χ2v) is 7.33. The van der Waals surface area contributed by atoms with Crippen molar-refractivity contribution >= 4 is 5.91 Å². The highest BCUT2D eigenvalue weighted by Crippen LogP contribution is 2.36. The van der Waals surface area contributed by atoms with Crippen LogP contribution in [0.25, 0.3) is 0 Å². The molecule has 2 heterocycles. The zero-order chi connectivity index (χ0) is 16.5. The molecule has 1 atom stereocenters. The van der Waals surface area contributed by atoms with Gasteiger partial charge in [0.1, 0.15) is 0 Å². The lowest BCUT2D eigenvalue weighted by Gasteiger charge is -2.41. The van der Waals surface area contributed by atoms with Crippen molar-refractivity contribution < 1.29 is 18.7 Å². The fourth-order valence-electron chi connectivity index (χ4n) is 3.50. The molecule has 1 N–H and O–H groups in total. The molecule has 0 aliphatic carbocycles. The first-order valence-corrected chi connectivity index (χ1v) is 8.24. The highest BCUT2D eigenvalue weighted by atomic mass is 19.3. The Morgan fingerprint density at radius 2 is 1.91 bits per heavy atom. The maximum Gasteiger partial charge on any atom is 0.262 e. The van der Waals surface area contributed by atoms with E-state index in [2.05, 4.69) is 0 Å². The predicted molar refractivity (Wildman–Crippen MR) is 80.8 cm³/mol. The van der Waals surface area contributed by atoms with E-state index in [0.717, 1.165) is 6.42 Å². The van der Waals surface area contributed by atoms with Crippen molar-refractivity contribution in [3.63, 3.8) is 0 Å². The summed E-state index contributed by atoms with van der Waals surface area (Å²) in [7, 11) is 0. The van der Waals surface area contributed by atoms with Crippen LogP contribution in [0.15, 0.2) is 0 Å². The summed E-state index contributed by atoms with van der Waals surface area (Å²) < 4.78 is 27.2. The second kappa shape index (κ2) is 6.40. The van der Waals surface area contributed by atoms with Gasteiger partial charge in [0, 0.05) is 37.0 Å². The van der Waals surface area contributed by atoms with Crippen LogP contribution in [-0.4, -0.2) is 65.1 Å². The average Bonchev–Trinajstić information content (AvgIpc) is 2.81. The Kier molecular flexibility index (Phi) is 5.12. The fraction of sp³-hybridized carbons (Fsp3) is 0.938. The van der Waals surface area contributed by atoms with Gasteiger partial charge in [0.15, 0.2) is 0 Å². The number of nitrogens with zero attached hydrogens (tertiary/aromatic N) is 2. The molecule has 128 valence electrons. The standard InChI is InChI=1S/C16H28F2N2O2/c1-4-15(2,3)14(22)19-7-5-12(6-8-19)20-11-16(17,18)9-13(20)10-21/h12-13,21H,4-11H2,1-3H3/t13-/m0/s1. The van der Waals surface area contributed by atoms with Crippen LogP contribution in [0, 0.1) is 5.41 Å². The van der Waals surface area contributed by atoms with Crippen LogP contribution in [-0.2, 0) is 4.79 Å². The van der Waals surface area contributed by atoms with Crippen molar-refractivity contribution in [1.29, 1.82) is 0 Å². The van der Waals surface area contributed by atoms with Crippen molar-refractivity contribution in [3.8, 4) is 0 Å². The van der Waals surface area contributed by atoms with Gasteiger partial charge in [-0.1, -0.05) is 20.8 Å². The number of alkyl halides is 2. The summed E-state index contributed by atoms with van der Waals surface area (Å²) in [5.74, 6) is -2.55. The van der Waals surface area contributed by atoms with Gasteiger partial charge in [-0.3, -0.25) is 9.69 Å². The SMILES string of the molecule is CCC(C)(C)C(=O)N1CCC(N2CC(F)(F)C[C@H]2CO)CC1. The number of aliphatic hydroxyl groups is 1. The summed E-state index contributed by atoms with van der Waals surface area (Å²) in [6.45, 7) is 6.65. The van der Waals surface area contributed by atoms with Crippen molar-refractivity contribution in [3.05, 3.63) is 0 Å². The number of halogens is 2. The number of rotatable bonds is 4. The summed E-state index contributed by atoms with van der Waals surface area (Å²) in [5, 5.41) is 9.34. The molecule has 0 spiro atoms. The number of aliphatic hydroxyl groups excluding tert-OH is 1. The first-order valence-electron chi connectivity index (χ1n) is 8.24. The molecular formula is C16H28F2N2O2. The van der Waals surface area contributed by atoms with E-state index in [1.165, 1.54) is 0 Å². The molecule has 0 aromatic heterocycles. The second-order valence-electron chi connectivity index (χ2n) is 7.33. The van der Waals surface area contributed by atoms with Crippen LogP contribution < -0.4 is 0 Å². The molecule has 2 saturated heterocycles. The van der Waals surface area contributed by atoms with Crippen LogP contribution in [0.1, 0.15) is 46.5 Å². The van der Waals surface area contributed by atoms with Crippen LogP contribution in [0.3, 0.4) is 0 Å². The molecule has 0 aromatic carbocycles. The van der Waals surface area contributed by atoms with Crippen molar-refractivity contribution in [2.45, 2.75) is 64.5 Å². The van der Waals surface area contributed by atoms with Crippen LogP contribution >= 0.6 is 0 Å². The highest BCUT2D eigenvalue weighted by Gasteiger charge is 2.47. The molecule has 2 rings (SSSR count). The van der Waals surface area contributed by atoms with Crippen molar-refractivity contribution in [1.82, 2.24) is 9.80 Å². The van der Waals surface area contributed by atoms with Crippen molar-refractivity contribution in [2.24, 2.45) is 5.41 Å². The van der Waals surface area contributed by atoms with E-state index in [0.29, 0.717) is 25.9 Å². The van der Waals surface area contributed by atoms with Gasteiger partial charge in [-0.05, 0) is 19.3 Å². The molecule has 0 saturated carbocycles. The Balaban J connectivity index is 1.94. The minimum Gasteiger partial charge on any atom is -0.395 e. The van der Waals surface area contributed by atoms with E-state index in [9.17, 15) is 18.7 Å². The van der Waals surface area contributed by atoms with Gasteiger partial charge in [0.05, 0.1) is 13.2 Å². The quantitative estimate of drug-likeness (QED) is 0.863. The Hall–Kier alpha value is -0.750. The van der Waals surface area contributed by atoms with E-state index in [4.69, 9.17) is 0 Å². The summed E-state index contributed by atoms with van der Waals surface area (Å²) >= 11 is 0. The third-order valence-corrected chi connectivity index (χ3v) is 5.31. The van der Waals surface area contributed by atoms with Crippen LogP contribution in [0.2, 0.25) is 0 Å². The monoisotopic (exact) mass is 318 g/mol. The molecule has 0 aromatic rings. The number of carbonyl (C=O) groups is 1. The lowest BCUT2D eigenvalue weighted by atomic mass is 9.87. The van der Waals surface area contributed by atoms with Gasteiger partial charge < -0.3 is 10.0 Å². The first kappa shape index (κ1) is 17.6. The first-order chi connectivity index (χ1) is 10.2. The summed E-state index contributed by atoms with van der Waals surface area (Å²) in [5.41, 5.74) is -0.360. The number of piperidine rings is 1. The topological polar surface area (TPSA) is 43.8 Å². The van der Waals surface area contributed by atoms with E-state index in [1.807, 2.05) is 25.7 Å². The highest BCUT2D eigenvalue weighted by molar-refractivity contribution is 5.82. The maximum atomic E-state index is 13.6. The molecule has 2 aliphatic heterocycles. The van der Waals surface area contributed by atoms with Gasteiger partial charge in [0.2, 0.25) is 5.91 Å². The molecule has 0 radical (unpaired) electrons. The zero-order valence-corrected chi connectivity index (χ0v) is 13.8. The summed E-state index contributed by atoms with van der Waals surface area (Å²) in [6, 6.07) is -0.409. The third-order valence-electron chi connectivity index (χ3n) is 5.31. The summed E-state index contributed by atoms with van der Waals surface area (Å²) in [6.07, 6.45) is 1.94. The number of hydrogen-bond donors (Lipinski definition) is 1. The smallest absolute Gasteiger partial charge is 0.262 e. The molecular weight excluding hydrogens is 290 g/mol. The summed E-state index contributed by atoms with van der Waals surface area (Å²) in [4.78, 5) is 16.1. The fourth-order valence-corrected chi connectivity index (χ4v) is 3.50. The van der Waals surface area contributed by atoms with Crippen LogP contribution in [0.4, 0.5) is 8.78 Å². The zero-order valence-electron chi connectivity index (χ0n) is 13.8. The Morgan fingerprint density at radius 1 is 1.32 bits per heavy atom. The molecule has 0 unspecified atom stereocenters. The van der Waals surface area contributed by atoms with Gasteiger partial charge in [-0.2, -0.15) is 0 Å². The maximum absolute atomic E-state index is 13.6. The normalized spacial score (nSPS) is 27.4. The largest absolute Gasteiger partial charge is 0.395 e. The van der Waals surface area contributed by atoms with E-state index in [1.54, 1.807) is 4.90 Å². The predicted octanol–water partition coefficient (Wildman–Crippen LogP) is 2.12. The van der Waals surface area contributed by atoms with Gasteiger partial charge in [-0.15, -0.1) is 0 Å². The lowest BCUT2D eigenvalue weighted by Crippen LogP contribution is -2.51.